The van der Waals surface area contributed by atoms with Crippen molar-refractivity contribution in [1.82, 2.24) is 15.0 Å². The lowest BCUT2D eigenvalue weighted by atomic mass is 10.0. The van der Waals surface area contributed by atoms with Crippen LogP contribution >= 0.6 is 35.0 Å². The quantitative estimate of drug-likeness (QED) is 0.252. The minimum absolute atomic E-state index is 0.280. The number of fused-ring (bicyclic) bond motifs is 1. The van der Waals surface area contributed by atoms with Crippen LogP contribution in [0.5, 0.6) is 0 Å². The average molecular weight is 485 g/mol. The fourth-order valence-electron chi connectivity index (χ4n) is 3.32. The second-order valence-electron chi connectivity index (χ2n) is 6.99. The number of nitrogens with zero attached hydrogens (tertiary/aromatic N) is 3. The molecule has 2 aromatic carbocycles. The van der Waals surface area contributed by atoms with Crippen molar-refractivity contribution >= 4 is 57.7 Å². The summed E-state index contributed by atoms with van der Waals surface area (Å²) in [5, 5.41) is 15.2. The summed E-state index contributed by atoms with van der Waals surface area (Å²) in [6.45, 7) is 0. The van der Waals surface area contributed by atoms with Crippen molar-refractivity contribution in [3.63, 3.8) is 0 Å². The van der Waals surface area contributed by atoms with Crippen LogP contribution in [0.2, 0.25) is 10.0 Å². The van der Waals surface area contributed by atoms with E-state index >= 15 is 0 Å². The number of anilines is 1. The van der Waals surface area contributed by atoms with Crippen LogP contribution in [0, 0.1) is 0 Å². The summed E-state index contributed by atoms with van der Waals surface area (Å²) in [6.07, 6.45) is 3.74. The Kier molecular flexibility index (Phi) is 6.79. The molecule has 0 aliphatic heterocycles. The molecule has 0 saturated heterocycles. The molecule has 1 atom stereocenters. The van der Waals surface area contributed by atoms with E-state index in [1.165, 1.54) is 11.8 Å². The predicted octanol–water partition coefficient (Wildman–Crippen LogP) is 5.83. The van der Waals surface area contributed by atoms with Crippen LogP contribution < -0.4 is 5.32 Å². The molecule has 32 heavy (non-hydrogen) atoms. The zero-order valence-electron chi connectivity index (χ0n) is 16.9. The number of carboxylic acid groups (broad SMARTS) is 1. The van der Waals surface area contributed by atoms with E-state index in [9.17, 15) is 9.90 Å². The molecule has 2 heterocycles. The lowest BCUT2D eigenvalue weighted by molar-refractivity contribution is -0.137. The number of benzene rings is 2. The molecular formula is C23H18Cl2N4O2S. The van der Waals surface area contributed by atoms with Gasteiger partial charge in [-0.1, -0.05) is 53.2 Å². The third-order valence-corrected chi connectivity index (χ3v) is 6.04. The monoisotopic (exact) mass is 484 g/mol. The molecular weight excluding hydrogens is 467 g/mol. The Morgan fingerprint density at radius 2 is 1.88 bits per heavy atom. The maximum Gasteiger partial charge on any atom is 0.326 e. The topological polar surface area (TPSA) is 88.0 Å². The van der Waals surface area contributed by atoms with Gasteiger partial charge in [0, 0.05) is 23.6 Å². The normalized spacial score (nSPS) is 12.0. The van der Waals surface area contributed by atoms with Crippen LogP contribution in [-0.4, -0.2) is 38.3 Å². The minimum atomic E-state index is -0.962. The second kappa shape index (κ2) is 9.73. The summed E-state index contributed by atoms with van der Waals surface area (Å²) in [7, 11) is 0. The molecule has 0 saturated carbocycles. The second-order valence-corrected chi connectivity index (χ2v) is 8.58. The highest BCUT2D eigenvalue weighted by Gasteiger charge is 2.19. The summed E-state index contributed by atoms with van der Waals surface area (Å²) in [4.78, 5) is 24.9. The number of hydrogen-bond acceptors (Lipinski definition) is 6. The van der Waals surface area contributed by atoms with Gasteiger partial charge >= 0.3 is 5.97 Å². The Bertz CT molecular complexity index is 1280. The summed E-state index contributed by atoms with van der Waals surface area (Å²) in [6, 6.07) is 15.6. The van der Waals surface area contributed by atoms with Gasteiger partial charge in [0.15, 0.2) is 5.16 Å². The van der Waals surface area contributed by atoms with Gasteiger partial charge < -0.3 is 10.4 Å². The third-order valence-electron chi connectivity index (χ3n) is 4.85. The number of aliphatic carboxylic acids is 1. The smallest absolute Gasteiger partial charge is 0.326 e. The van der Waals surface area contributed by atoms with Crippen LogP contribution in [0.3, 0.4) is 0 Å². The Morgan fingerprint density at radius 1 is 1.09 bits per heavy atom. The first-order chi connectivity index (χ1) is 15.4. The number of thioether (sulfide) groups is 1. The lowest BCUT2D eigenvalue weighted by Gasteiger charge is -2.16. The summed E-state index contributed by atoms with van der Waals surface area (Å²) >= 11 is 14.0. The molecule has 0 amide bonds. The molecule has 0 fully saturated rings. The van der Waals surface area contributed by atoms with Gasteiger partial charge in [-0.25, -0.2) is 19.7 Å². The predicted molar refractivity (Wildman–Crippen MR) is 130 cm³/mol. The molecule has 0 bridgehead atoms. The molecule has 4 aromatic rings. The molecule has 162 valence electrons. The first kappa shape index (κ1) is 22.3. The van der Waals surface area contributed by atoms with Crippen molar-refractivity contribution < 1.29 is 9.90 Å². The molecule has 6 nitrogen and oxygen atoms in total. The van der Waals surface area contributed by atoms with E-state index in [4.69, 9.17) is 23.2 Å². The van der Waals surface area contributed by atoms with E-state index < -0.39 is 12.0 Å². The summed E-state index contributed by atoms with van der Waals surface area (Å²) < 4.78 is 0. The van der Waals surface area contributed by atoms with E-state index in [1.54, 1.807) is 30.5 Å². The van der Waals surface area contributed by atoms with Crippen LogP contribution in [0.25, 0.3) is 22.2 Å². The SMILES string of the molecule is CSc1nccc(N[C@@H](Cc2ccc3nc(-c4c(Cl)cccc4Cl)ccc3c2)C(=O)O)n1. The van der Waals surface area contributed by atoms with Crippen LogP contribution in [0.4, 0.5) is 5.82 Å². The standard InChI is InChI=1S/C23H18Cl2N4O2S/c1-32-23-26-10-9-20(29-23)28-19(22(30)31)12-13-5-7-17-14(11-13)6-8-18(27-17)21-15(24)3-2-4-16(21)25/h2-11,19H,12H2,1H3,(H,30,31)(H,26,28,29)/t19-/m0/s1. The highest BCUT2D eigenvalue weighted by Crippen LogP contribution is 2.34. The molecule has 2 N–H and O–H groups in total. The molecule has 0 spiro atoms. The first-order valence-corrected chi connectivity index (χ1v) is 11.6. The van der Waals surface area contributed by atoms with Crippen molar-refractivity contribution in [2.75, 3.05) is 11.6 Å². The van der Waals surface area contributed by atoms with Gasteiger partial charge in [-0.05, 0) is 48.2 Å². The van der Waals surface area contributed by atoms with Gasteiger partial charge in [0.05, 0.1) is 21.3 Å². The number of hydrogen-bond donors (Lipinski definition) is 2. The van der Waals surface area contributed by atoms with E-state index in [0.29, 0.717) is 32.3 Å². The molecule has 0 aliphatic rings. The van der Waals surface area contributed by atoms with Crippen molar-refractivity contribution in [2.24, 2.45) is 0 Å². The highest BCUT2D eigenvalue weighted by molar-refractivity contribution is 7.98. The van der Waals surface area contributed by atoms with Gasteiger partial charge in [-0.15, -0.1) is 0 Å². The third kappa shape index (κ3) is 4.96. The molecule has 0 radical (unpaired) electrons. The van der Waals surface area contributed by atoms with Gasteiger partial charge in [0.25, 0.3) is 0 Å². The van der Waals surface area contributed by atoms with Crippen LogP contribution in [0.15, 0.2) is 66.0 Å². The molecule has 2 aromatic heterocycles. The number of carbonyl (C=O) groups is 1. The van der Waals surface area contributed by atoms with Gasteiger partial charge in [0.1, 0.15) is 11.9 Å². The van der Waals surface area contributed by atoms with Crippen molar-refractivity contribution in [2.45, 2.75) is 17.6 Å². The number of pyridine rings is 1. The summed E-state index contributed by atoms with van der Waals surface area (Å²) in [5.74, 6) is -0.489. The maximum atomic E-state index is 11.8. The molecule has 4 rings (SSSR count). The van der Waals surface area contributed by atoms with Crippen LogP contribution in [0.1, 0.15) is 5.56 Å². The molecule has 9 heteroatoms. The Balaban J connectivity index is 1.59. The largest absolute Gasteiger partial charge is 0.480 e. The van der Waals surface area contributed by atoms with Crippen molar-refractivity contribution in [3.05, 3.63) is 76.4 Å². The fourth-order valence-corrected chi connectivity index (χ4v) is 4.26. The fraction of sp³-hybridized carbons (Fsp3) is 0.130. The van der Waals surface area contributed by atoms with E-state index in [1.807, 2.05) is 36.6 Å². The van der Waals surface area contributed by atoms with Gasteiger partial charge in [-0.3, -0.25) is 0 Å². The zero-order valence-corrected chi connectivity index (χ0v) is 19.2. The number of carboxylic acids is 1. The number of nitrogens with one attached hydrogen (secondary N) is 1. The Labute approximate surface area is 199 Å². The van der Waals surface area contributed by atoms with Crippen molar-refractivity contribution in [1.29, 1.82) is 0 Å². The minimum Gasteiger partial charge on any atom is -0.480 e. The average Bonchev–Trinajstić information content (AvgIpc) is 2.78. The van der Waals surface area contributed by atoms with Gasteiger partial charge in [0.2, 0.25) is 0 Å². The highest BCUT2D eigenvalue weighted by atomic mass is 35.5. The number of rotatable bonds is 7. The lowest BCUT2D eigenvalue weighted by Crippen LogP contribution is -2.32. The maximum absolute atomic E-state index is 11.8. The number of halogens is 2. The van der Waals surface area contributed by atoms with E-state index in [-0.39, 0.29) is 6.42 Å². The Hall–Kier alpha value is -2.87. The van der Waals surface area contributed by atoms with Gasteiger partial charge in [-0.2, -0.15) is 0 Å². The Morgan fingerprint density at radius 3 is 2.59 bits per heavy atom. The first-order valence-electron chi connectivity index (χ1n) is 9.65. The zero-order chi connectivity index (χ0) is 22.7. The number of aromatic nitrogens is 3. The molecule has 0 unspecified atom stereocenters. The van der Waals surface area contributed by atoms with Crippen LogP contribution in [-0.2, 0) is 11.2 Å². The molecule has 0 aliphatic carbocycles. The van der Waals surface area contributed by atoms with E-state index in [2.05, 4.69) is 20.3 Å². The van der Waals surface area contributed by atoms with Crippen molar-refractivity contribution in [3.8, 4) is 11.3 Å². The van der Waals surface area contributed by atoms with E-state index in [0.717, 1.165) is 16.5 Å². The summed E-state index contributed by atoms with van der Waals surface area (Å²) in [5.41, 5.74) is 3.00.